The molecule has 4 heteroatoms. The molecule has 1 heterocycles. The smallest absolute Gasteiger partial charge is 0.121 e. The Morgan fingerprint density at radius 2 is 2.60 bits per heavy atom. The van der Waals surface area contributed by atoms with Crippen LogP contribution in [-0.2, 0) is 7.05 Å². The number of nitrogens with zero attached hydrogens (tertiary/aromatic N) is 3. The second kappa shape index (κ2) is 2.50. The van der Waals surface area contributed by atoms with Gasteiger partial charge in [0.05, 0.1) is 12.3 Å². The van der Waals surface area contributed by atoms with E-state index in [1.165, 1.54) is 0 Å². The lowest BCUT2D eigenvalue weighted by atomic mass is 10.2. The number of rotatable bonds is 1. The zero-order valence-corrected chi connectivity index (χ0v) is 5.65. The van der Waals surface area contributed by atoms with Crippen molar-refractivity contribution >= 4 is 0 Å². The van der Waals surface area contributed by atoms with Crippen molar-refractivity contribution < 1.29 is 0 Å². The number of hydrogen-bond donors (Lipinski definition) is 1. The topological polar surface area (TPSA) is 67.6 Å². The van der Waals surface area contributed by atoms with Gasteiger partial charge in [-0.1, -0.05) is 0 Å². The molecule has 0 bridgehead atoms. The minimum absolute atomic E-state index is 0.548. The van der Waals surface area contributed by atoms with Crippen molar-refractivity contribution in [3.05, 3.63) is 18.0 Å². The summed E-state index contributed by atoms with van der Waals surface area (Å²) in [5, 5.41) is 12.3. The van der Waals surface area contributed by atoms with Crippen LogP contribution < -0.4 is 5.73 Å². The molecule has 0 saturated carbocycles. The first-order valence-electron chi connectivity index (χ1n) is 2.88. The fourth-order valence-corrected chi connectivity index (χ4v) is 0.675. The average Bonchev–Trinajstić information content (AvgIpc) is 2.34. The standard InChI is InChI=1S/C6H8N4/c1-10-4-5(3-9-10)6(8)2-7/h3-4,6H,8H2,1H3. The summed E-state index contributed by atoms with van der Waals surface area (Å²) in [7, 11) is 1.79. The lowest BCUT2D eigenvalue weighted by Crippen LogP contribution is -2.05. The minimum Gasteiger partial charge on any atom is -0.312 e. The van der Waals surface area contributed by atoms with E-state index in [1.807, 2.05) is 6.07 Å². The third-order valence-electron chi connectivity index (χ3n) is 1.22. The predicted molar refractivity (Wildman–Crippen MR) is 35.7 cm³/mol. The van der Waals surface area contributed by atoms with Crippen LogP contribution in [0.25, 0.3) is 0 Å². The molecule has 0 aliphatic rings. The van der Waals surface area contributed by atoms with Gasteiger partial charge in [0.25, 0.3) is 0 Å². The highest BCUT2D eigenvalue weighted by Gasteiger charge is 2.04. The van der Waals surface area contributed by atoms with Gasteiger partial charge < -0.3 is 5.73 Å². The van der Waals surface area contributed by atoms with E-state index in [-0.39, 0.29) is 0 Å². The minimum atomic E-state index is -0.548. The summed E-state index contributed by atoms with van der Waals surface area (Å²) in [4.78, 5) is 0. The van der Waals surface area contributed by atoms with E-state index in [0.29, 0.717) is 0 Å². The molecule has 1 rings (SSSR count). The van der Waals surface area contributed by atoms with Gasteiger partial charge in [-0.05, 0) is 0 Å². The fraction of sp³-hybridized carbons (Fsp3) is 0.333. The van der Waals surface area contributed by atoms with Crippen molar-refractivity contribution in [1.29, 1.82) is 5.26 Å². The van der Waals surface area contributed by atoms with Crippen LogP contribution in [0.3, 0.4) is 0 Å². The van der Waals surface area contributed by atoms with Crippen molar-refractivity contribution in [2.75, 3.05) is 0 Å². The molecule has 1 atom stereocenters. The van der Waals surface area contributed by atoms with Crippen LogP contribution in [-0.4, -0.2) is 9.78 Å². The number of nitriles is 1. The van der Waals surface area contributed by atoms with Crippen molar-refractivity contribution in [1.82, 2.24) is 9.78 Å². The van der Waals surface area contributed by atoms with E-state index in [9.17, 15) is 0 Å². The number of hydrogen-bond acceptors (Lipinski definition) is 3. The maximum atomic E-state index is 8.39. The summed E-state index contributed by atoms with van der Waals surface area (Å²) >= 11 is 0. The monoisotopic (exact) mass is 136 g/mol. The molecule has 0 aromatic carbocycles. The second-order valence-electron chi connectivity index (χ2n) is 2.05. The number of aryl methyl sites for hydroxylation is 1. The quantitative estimate of drug-likeness (QED) is 0.588. The molecule has 0 aliphatic heterocycles. The fourth-order valence-electron chi connectivity index (χ4n) is 0.675. The van der Waals surface area contributed by atoms with Gasteiger partial charge in [-0.2, -0.15) is 10.4 Å². The molecule has 1 unspecified atom stereocenters. The van der Waals surface area contributed by atoms with Gasteiger partial charge in [-0.15, -0.1) is 0 Å². The Kier molecular flexibility index (Phi) is 1.69. The van der Waals surface area contributed by atoms with Gasteiger partial charge in [0.2, 0.25) is 0 Å². The summed E-state index contributed by atoms with van der Waals surface area (Å²) in [6, 6.07) is 1.37. The predicted octanol–water partition coefficient (Wildman–Crippen LogP) is -0.0565. The first-order chi connectivity index (χ1) is 4.74. The van der Waals surface area contributed by atoms with Crippen LogP contribution >= 0.6 is 0 Å². The molecule has 0 saturated heterocycles. The third kappa shape index (κ3) is 1.14. The molecule has 4 nitrogen and oxygen atoms in total. The van der Waals surface area contributed by atoms with Crippen molar-refractivity contribution in [3.8, 4) is 6.07 Å². The van der Waals surface area contributed by atoms with Crippen LogP contribution in [0, 0.1) is 11.3 Å². The molecule has 0 spiro atoms. The average molecular weight is 136 g/mol. The summed E-state index contributed by atoms with van der Waals surface area (Å²) in [5.74, 6) is 0. The van der Waals surface area contributed by atoms with E-state index in [0.717, 1.165) is 5.56 Å². The van der Waals surface area contributed by atoms with Gasteiger partial charge in [0, 0.05) is 18.8 Å². The van der Waals surface area contributed by atoms with Crippen LogP contribution in [0.4, 0.5) is 0 Å². The zero-order chi connectivity index (χ0) is 7.56. The Bertz CT molecular complexity index is 257. The third-order valence-corrected chi connectivity index (χ3v) is 1.22. The first kappa shape index (κ1) is 6.78. The number of nitrogens with two attached hydrogens (primary N) is 1. The van der Waals surface area contributed by atoms with Crippen LogP contribution in [0.2, 0.25) is 0 Å². The molecular weight excluding hydrogens is 128 g/mol. The normalized spacial score (nSPS) is 12.5. The molecule has 0 fully saturated rings. The Morgan fingerprint density at radius 3 is 3.00 bits per heavy atom. The second-order valence-corrected chi connectivity index (χ2v) is 2.05. The highest BCUT2D eigenvalue weighted by Crippen LogP contribution is 2.05. The van der Waals surface area contributed by atoms with Crippen molar-refractivity contribution in [3.63, 3.8) is 0 Å². The van der Waals surface area contributed by atoms with E-state index in [2.05, 4.69) is 5.10 Å². The maximum Gasteiger partial charge on any atom is 0.121 e. The highest BCUT2D eigenvalue weighted by atomic mass is 15.2. The molecule has 0 aliphatic carbocycles. The maximum absolute atomic E-state index is 8.39. The molecule has 2 N–H and O–H groups in total. The van der Waals surface area contributed by atoms with Gasteiger partial charge in [-0.3, -0.25) is 4.68 Å². The lowest BCUT2D eigenvalue weighted by molar-refractivity contribution is 0.766. The summed E-state index contributed by atoms with van der Waals surface area (Å²) < 4.78 is 1.62. The van der Waals surface area contributed by atoms with Crippen LogP contribution in [0.5, 0.6) is 0 Å². The number of aromatic nitrogens is 2. The van der Waals surface area contributed by atoms with E-state index in [4.69, 9.17) is 11.0 Å². The summed E-state index contributed by atoms with van der Waals surface area (Å²) in [5.41, 5.74) is 6.15. The van der Waals surface area contributed by atoms with Gasteiger partial charge in [0.1, 0.15) is 6.04 Å². The van der Waals surface area contributed by atoms with Gasteiger partial charge in [-0.25, -0.2) is 0 Å². The van der Waals surface area contributed by atoms with E-state index in [1.54, 1.807) is 24.1 Å². The van der Waals surface area contributed by atoms with E-state index >= 15 is 0 Å². The van der Waals surface area contributed by atoms with Crippen LogP contribution in [0.15, 0.2) is 12.4 Å². The Morgan fingerprint density at radius 1 is 1.90 bits per heavy atom. The lowest BCUT2D eigenvalue weighted by Gasteiger charge is -1.93. The Balaban J connectivity index is 2.87. The zero-order valence-electron chi connectivity index (χ0n) is 5.65. The largest absolute Gasteiger partial charge is 0.312 e. The van der Waals surface area contributed by atoms with Gasteiger partial charge in [0.15, 0.2) is 0 Å². The summed E-state index contributed by atoms with van der Waals surface area (Å²) in [6.07, 6.45) is 3.32. The summed E-state index contributed by atoms with van der Waals surface area (Å²) in [6.45, 7) is 0. The van der Waals surface area contributed by atoms with Crippen LogP contribution in [0.1, 0.15) is 11.6 Å². The van der Waals surface area contributed by atoms with Crippen molar-refractivity contribution in [2.24, 2.45) is 12.8 Å². The SMILES string of the molecule is Cn1cc(C(N)C#N)cn1. The molecule has 10 heavy (non-hydrogen) atoms. The molecule has 52 valence electrons. The Labute approximate surface area is 58.9 Å². The van der Waals surface area contributed by atoms with Crippen molar-refractivity contribution in [2.45, 2.75) is 6.04 Å². The molecule has 0 amide bonds. The molecule has 1 aromatic rings. The van der Waals surface area contributed by atoms with Gasteiger partial charge >= 0.3 is 0 Å². The first-order valence-corrected chi connectivity index (χ1v) is 2.88. The highest BCUT2D eigenvalue weighted by molar-refractivity contribution is 5.16. The molecule has 1 aromatic heterocycles. The molecule has 0 radical (unpaired) electrons. The Hall–Kier alpha value is -1.34. The van der Waals surface area contributed by atoms with E-state index < -0.39 is 6.04 Å². The molecular formula is C6H8N4.